The van der Waals surface area contributed by atoms with E-state index < -0.39 is 17.6 Å². The lowest BCUT2D eigenvalue weighted by molar-refractivity contribution is -0.192. The number of benzene rings is 2. The van der Waals surface area contributed by atoms with Gasteiger partial charge in [0.15, 0.2) is 5.78 Å². The predicted octanol–water partition coefficient (Wildman–Crippen LogP) is 4.80. The molecule has 38 heavy (non-hydrogen) atoms. The number of carboxylic acid groups (broad SMARTS) is 1. The minimum absolute atomic E-state index is 0.0209. The van der Waals surface area contributed by atoms with E-state index in [1.54, 1.807) is 12.1 Å². The van der Waals surface area contributed by atoms with Crippen LogP contribution < -0.4 is 5.32 Å². The summed E-state index contributed by atoms with van der Waals surface area (Å²) in [6.45, 7) is 5.01. The lowest BCUT2D eigenvalue weighted by Crippen LogP contribution is -2.47. The number of carbonyl (C=O) groups is 3. The van der Waals surface area contributed by atoms with E-state index in [2.05, 4.69) is 17.1 Å². The van der Waals surface area contributed by atoms with Gasteiger partial charge in [-0.1, -0.05) is 19.1 Å². The molecule has 2 N–H and O–H groups in total. The molecule has 2 aliphatic heterocycles. The molecule has 0 aromatic heterocycles. The highest BCUT2D eigenvalue weighted by Crippen LogP contribution is 2.47. The first-order valence-corrected chi connectivity index (χ1v) is 12.2. The maximum absolute atomic E-state index is 13.3. The van der Waals surface area contributed by atoms with E-state index in [-0.39, 0.29) is 35.2 Å². The quantitative estimate of drug-likeness (QED) is 0.406. The van der Waals surface area contributed by atoms with Crippen LogP contribution in [0.2, 0.25) is 0 Å². The summed E-state index contributed by atoms with van der Waals surface area (Å²) in [4.78, 5) is 36.5. The number of likely N-dealkylation sites (tertiary alicyclic amines) is 1. The van der Waals surface area contributed by atoms with Crippen LogP contribution in [0.1, 0.15) is 48.0 Å². The zero-order valence-corrected chi connectivity index (χ0v) is 20.7. The van der Waals surface area contributed by atoms with Crippen LogP contribution in [0.5, 0.6) is 0 Å². The van der Waals surface area contributed by atoms with E-state index in [1.165, 1.54) is 36.4 Å². The number of hydrogen-bond acceptors (Lipinski definition) is 4. The van der Waals surface area contributed by atoms with Gasteiger partial charge in [0.25, 0.3) is 0 Å². The number of ketones is 1. The molecule has 6 nitrogen and oxygen atoms in total. The molecule has 4 rings (SSSR count). The van der Waals surface area contributed by atoms with Crippen LogP contribution in [0.3, 0.4) is 0 Å². The number of halogens is 5. The normalized spacial score (nSPS) is 19.8. The molecule has 0 saturated carbocycles. The predicted molar refractivity (Wildman–Crippen MR) is 128 cm³/mol. The van der Waals surface area contributed by atoms with E-state index >= 15 is 0 Å². The molecule has 0 radical (unpaired) electrons. The zero-order valence-electron chi connectivity index (χ0n) is 20.7. The summed E-state index contributed by atoms with van der Waals surface area (Å²) in [5.74, 6) is -3.03. The van der Waals surface area contributed by atoms with Gasteiger partial charge in [0.2, 0.25) is 5.91 Å². The molecule has 0 bridgehead atoms. The molecule has 2 fully saturated rings. The third-order valence-electron chi connectivity index (χ3n) is 7.12. The molecular formula is C27H29F5N2O4. The van der Waals surface area contributed by atoms with E-state index in [9.17, 15) is 31.5 Å². The number of hydrogen-bond donors (Lipinski definition) is 2. The molecule has 2 aromatic rings. The second-order valence-electron chi connectivity index (χ2n) is 9.81. The summed E-state index contributed by atoms with van der Waals surface area (Å²) in [6.07, 6.45) is -3.18. The minimum atomic E-state index is -5.08. The van der Waals surface area contributed by atoms with Gasteiger partial charge in [-0.05, 0) is 73.8 Å². The molecule has 0 unspecified atom stereocenters. The van der Waals surface area contributed by atoms with Crippen LogP contribution >= 0.6 is 0 Å². The highest BCUT2D eigenvalue weighted by molar-refractivity contribution is 5.96. The van der Waals surface area contributed by atoms with Crippen molar-refractivity contribution in [1.29, 1.82) is 0 Å². The van der Waals surface area contributed by atoms with Gasteiger partial charge in [0.05, 0.1) is 5.41 Å². The van der Waals surface area contributed by atoms with Crippen LogP contribution in [0.4, 0.5) is 22.0 Å². The van der Waals surface area contributed by atoms with Crippen molar-refractivity contribution in [3.05, 3.63) is 71.3 Å². The van der Waals surface area contributed by atoms with Crippen LogP contribution in [0.15, 0.2) is 48.5 Å². The third-order valence-corrected chi connectivity index (χ3v) is 7.12. The summed E-state index contributed by atoms with van der Waals surface area (Å²) < 4.78 is 58.1. The smallest absolute Gasteiger partial charge is 0.475 e. The first-order valence-electron chi connectivity index (χ1n) is 12.2. The maximum atomic E-state index is 13.3. The third kappa shape index (κ3) is 7.15. The number of nitrogens with one attached hydrogen (secondary N) is 1. The highest BCUT2D eigenvalue weighted by atomic mass is 19.4. The summed E-state index contributed by atoms with van der Waals surface area (Å²) in [6, 6.07) is 12.2. The van der Waals surface area contributed by atoms with Crippen LogP contribution in [-0.4, -0.2) is 60.0 Å². The van der Waals surface area contributed by atoms with Gasteiger partial charge < -0.3 is 15.3 Å². The Morgan fingerprint density at radius 2 is 1.53 bits per heavy atom. The molecule has 2 saturated heterocycles. The average Bonchev–Trinajstić information content (AvgIpc) is 3.16. The summed E-state index contributed by atoms with van der Waals surface area (Å²) in [5.41, 5.74) is 1.10. The van der Waals surface area contributed by atoms with Crippen molar-refractivity contribution in [1.82, 2.24) is 10.2 Å². The van der Waals surface area contributed by atoms with Gasteiger partial charge >= 0.3 is 12.1 Å². The fourth-order valence-electron chi connectivity index (χ4n) is 5.14. The Labute approximate surface area is 216 Å². The van der Waals surface area contributed by atoms with Crippen LogP contribution in [0.25, 0.3) is 0 Å². The molecule has 2 heterocycles. The number of Topliss-reactive ketones (excluding diaryl/α,β-unsaturated/α-hetero) is 1. The Hall–Kier alpha value is -3.34. The van der Waals surface area contributed by atoms with Crippen molar-refractivity contribution in [3.63, 3.8) is 0 Å². The maximum Gasteiger partial charge on any atom is 0.490 e. The van der Waals surface area contributed by atoms with E-state index in [0.717, 1.165) is 38.0 Å². The van der Waals surface area contributed by atoms with Crippen molar-refractivity contribution in [2.75, 3.05) is 26.2 Å². The number of alkyl halides is 3. The van der Waals surface area contributed by atoms with Gasteiger partial charge in [-0.15, -0.1) is 0 Å². The van der Waals surface area contributed by atoms with Crippen molar-refractivity contribution in [2.45, 2.75) is 38.3 Å². The number of carboxylic acids is 1. The highest BCUT2D eigenvalue weighted by Gasteiger charge is 2.51. The van der Waals surface area contributed by atoms with Crippen molar-refractivity contribution in [3.8, 4) is 0 Å². The number of amides is 1. The average molecular weight is 541 g/mol. The van der Waals surface area contributed by atoms with Crippen LogP contribution in [-0.2, 0) is 9.59 Å². The Balaban J connectivity index is 0.000000505. The number of nitrogens with zero attached hydrogens (tertiary/aromatic N) is 1. The molecule has 2 aliphatic rings. The molecular weight excluding hydrogens is 511 g/mol. The molecule has 2 aromatic carbocycles. The zero-order chi connectivity index (χ0) is 28.1. The summed E-state index contributed by atoms with van der Waals surface area (Å²) in [5, 5.41) is 10.1. The standard InChI is InChI=1S/C25H28F2N2O2.C2HF3O2/c1-17(14-23(30)19-4-8-21(27)9-5-19)16-29-12-10-25(11-13-29)22(15-28-24(25)31)18-2-6-20(26)7-3-18;3-2(4,5)1(6)7/h2-9,17,22H,10-16H2,1H3,(H,28,31);(H,6,7)/t17-,22-;/m1./s1. The molecule has 1 spiro atoms. The number of rotatable bonds is 6. The Bertz CT molecular complexity index is 1130. The lowest BCUT2D eigenvalue weighted by atomic mass is 9.68. The number of carbonyl (C=O) groups excluding carboxylic acids is 2. The van der Waals surface area contributed by atoms with Crippen molar-refractivity contribution < 1.29 is 41.4 Å². The first kappa shape index (κ1) is 29.2. The molecule has 2 atom stereocenters. The van der Waals surface area contributed by atoms with E-state index in [0.29, 0.717) is 18.5 Å². The molecule has 1 amide bonds. The van der Waals surface area contributed by atoms with E-state index in [1.807, 2.05) is 0 Å². The SMILES string of the molecule is C[C@H](CC(=O)c1ccc(F)cc1)CN1CCC2(CC1)C(=O)NC[C@@H]2c1ccc(F)cc1.O=C(O)C(F)(F)F. The Morgan fingerprint density at radius 3 is 2.03 bits per heavy atom. The van der Waals surface area contributed by atoms with Crippen molar-refractivity contribution in [2.24, 2.45) is 11.3 Å². The summed E-state index contributed by atoms with van der Waals surface area (Å²) in [7, 11) is 0. The summed E-state index contributed by atoms with van der Waals surface area (Å²) >= 11 is 0. The Kier molecular flexibility index (Phi) is 9.24. The molecule has 11 heteroatoms. The van der Waals surface area contributed by atoms with Crippen LogP contribution in [0, 0.1) is 23.0 Å². The Morgan fingerprint density at radius 1 is 1.03 bits per heavy atom. The molecule has 0 aliphatic carbocycles. The van der Waals surface area contributed by atoms with Gasteiger partial charge in [0, 0.05) is 31.0 Å². The number of aliphatic carboxylic acids is 1. The van der Waals surface area contributed by atoms with Gasteiger partial charge in [-0.2, -0.15) is 13.2 Å². The van der Waals surface area contributed by atoms with Gasteiger partial charge in [0.1, 0.15) is 11.6 Å². The van der Waals surface area contributed by atoms with E-state index in [4.69, 9.17) is 9.90 Å². The van der Waals surface area contributed by atoms with Gasteiger partial charge in [-0.25, -0.2) is 13.6 Å². The lowest BCUT2D eigenvalue weighted by Gasteiger charge is -2.41. The fraction of sp³-hybridized carbons (Fsp3) is 0.444. The van der Waals surface area contributed by atoms with Crippen molar-refractivity contribution >= 4 is 17.7 Å². The first-order chi connectivity index (χ1) is 17.8. The largest absolute Gasteiger partial charge is 0.490 e. The topological polar surface area (TPSA) is 86.7 Å². The second kappa shape index (κ2) is 12.0. The number of piperidine rings is 1. The molecule has 206 valence electrons. The minimum Gasteiger partial charge on any atom is -0.475 e. The monoisotopic (exact) mass is 540 g/mol. The van der Waals surface area contributed by atoms with Gasteiger partial charge in [-0.3, -0.25) is 9.59 Å². The second-order valence-corrected chi connectivity index (χ2v) is 9.81. The fourth-order valence-corrected chi connectivity index (χ4v) is 5.14.